The number of fused-ring (bicyclic) bond motifs is 1. The van der Waals surface area contributed by atoms with Crippen LogP contribution in [0.4, 0.5) is 13.2 Å². The number of carbonyl (C=O) groups is 1. The molecule has 22 heavy (non-hydrogen) atoms. The van der Waals surface area contributed by atoms with Gasteiger partial charge in [0, 0.05) is 5.10 Å². The third kappa shape index (κ3) is 3.85. The fourth-order valence-corrected chi connectivity index (χ4v) is 1.68. The lowest BCUT2D eigenvalue weighted by Gasteiger charge is -2.09. The zero-order chi connectivity index (χ0) is 16.3. The van der Waals surface area contributed by atoms with Gasteiger partial charge in [-0.05, 0) is 28.6 Å². The summed E-state index contributed by atoms with van der Waals surface area (Å²) >= 11 is 5.53. The van der Waals surface area contributed by atoms with Crippen molar-refractivity contribution >= 4 is 28.5 Å². The summed E-state index contributed by atoms with van der Waals surface area (Å²) in [5, 5.41) is 16.3. The standard InChI is InChI=1S/C11H8ClF3N4O3/c12-10-17-7-2-1-6(5-8(7)19(21)18-10)22-4-3-16-9(20)11(13,14)15/h1-2,5H,3-4H2,(H,16,20). The van der Waals surface area contributed by atoms with Gasteiger partial charge in [0.05, 0.1) is 12.6 Å². The number of carbonyl (C=O) groups excluding carboxylic acids is 1. The van der Waals surface area contributed by atoms with Crippen molar-refractivity contribution in [3.8, 4) is 5.75 Å². The lowest BCUT2D eigenvalue weighted by Crippen LogP contribution is -2.38. The van der Waals surface area contributed by atoms with E-state index in [1.54, 1.807) is 5.32 Å². The van der Waals surface area contributed by atoms with Crippen LogP contribution in [0.15, 0.2) is 18.2 Å². The number of rotatable bonds is 4. The number of amides is 1. The summed E-state index contributed by atoms with van der Waals surface area (Å²) in [5.74, 6) is -1.83. The number of nitrogens with zero attached hydrogens (tertiary/aromatic N) is 3. The molecule has 0 unspecified atom stereocenters. The average molecular weight is 337 g/mol. The van der Waals surface area contributed by atoms with E-state index in [0.29, 0.717) is 0 Å². The minimum atomic E-state index is -4.94. The fourth-order valence-electron chi connectivity index (χ4n) is 1.53. The van der Waals surface area contributed by atoms with Gasteiger partial charge in [0.15, 0.2) is 0 Å². The Morgan fingerprint density at radius 3 is 2.86 bits per heavy atom. The third-order valence-electron chi connectivity index (χ3n) is 2.45. The predicted octanol–water partition coefficient (Wildman–Crippen LogP) is 0.974. The van der Waals surface area contributed by atoms with Crippen molar-refractivity contribution in [1.29, 1.82) is 0 Å². The molecule has 0 aliphatic carbocycles. The van der Waals surface area contributed by atoms with Gasteiger partial charge in [0.25, 0.3) is 10.8 Å². The minimum absolute atomic E-state index is 0.0845. The Hall–Kier alpha value is -2.36. The second kappa shape index (κ2) is 6.18. The molecule has 0 aliphatic rings. The van der Waals surface area contributed by atoms with Crippen molar-refractivity contribution in [3.63, 3.8) is 0 Å². The van der Waals surface area contributed by atoms with Gasteiger partial charge in [-0.1, -0.05) is 0 Å². The van der Waals surface area contributed by atoms with Gasteiger partial charge in [0.1, 0.15) is 17.9 Å². The zero-order valence-electron chi connectivity index (χ0n) is 10.7. The van der Waals surface area contributed by atoms with Gasteiger partial charge in [-0.3, -0.25) is 4.79 Å². The van der Waals surface area contributed by atoms with Crippen LogP contribution in [0.1, 0.15) is 0 Å². The predicted molar refractivity (Wildman–Crippen MR) is 68.1 cm³/mol. The van der Waals surface area contributed by atoms with E-state index in [-0.39, 0.29) is 40.1 Å². The first kappa shape index (κ1) is 16.0. The Kier molecular flexibility index (Phi) is 4.50. The number of nitrogens with one attached hydrogen (secondary N) is 1. The summed E-state index contributed by atoms with van der Waals surface area (Å²) in [7, 11) is 0. The molecule has 2 aromatic rings. The van der Waals surface area contributed by atoms with Crippen LogP contribution < -0.4 is 14.9 Å². The molecule has 1 heterocycles. The Bertz CT molecular complexity index is 711. The van der Waals surface area contributed by atoms with Crippen molar-refractivity contribution in [1.82, 2.24) is 15.4 Å². The highest BCUT2D eigenvalue weighted by Crippen LogP contribution is 2.17. The van der Waals surface area contributed by atoms with Crippen molar-refractivity contribution < 1.29 is 27.5 Å². The number of halogens is 4. The van der Waals surface area contributed by atoms with E-state index in [9.17, 15) is 23.2 Å². The normalized spacial score (nSPS) is 11.5. The molecule has 1 N–H and O–H groups in total. The van der Waals surface area contributed by atoms with Crippen molar-refractivity contribution in [2.24, 2.45) is 0 Å². The summed E-state index contributed by atoms with van der Waals surface area (Å²) in [5.41, 5.74) is 0.369. The molecule has 7 nitrogen and oxygen atoms in total. The van der Waals surface area contributed by atoms with Gasteiger partial charge < -0.3 is 15.3 Å². The fraction of sp³-hybridized carbons (Fsp3) is 0.273. The SMILES string of the molecule is O=C(NCCOc1ccc2nc(Cl)n[n+]([O-])c2c1)C(F)(F)F. The summed E-state index contributed by atoms with van der Waals surface area (Å²) in [6, 6.07) is 4.21. The summed E-state index contributed by atoms with van der Waals surface area (Å²) in [6.45, 7) is -0.550. The van der Waals surface area contributed by atoms with Crippen LogP contribution >= 0.6 is 11.6 Å². The van der Waals surface area contributed by atoms with Crippen LogP contribution in [0, 0.1) is 5.21 Å². The molecular formula is C11H8ClF3N4O3. The van der Waals surface area contributed by atoms with Crippen molar-refractivity contribution in [2.75, 3.05) is 13.2 Å². The molecule has 0 bridgehead atoms. The van der Waals surface area contributed by atoms with Crippen LogP contribution in [-0.4, -0.2) is 35.3 Å². The molecule has 1 aromatic heterocycles. The Morgan fingerprint density at radius 2 is 2.18 bits per heavy atom. The molecule has 1 aromatic carbocycles. The van der Waals surface area contributed by atoms with Gasteiger partial charge in [0.2, 0.25) is 0 Å². The van der Waals surface area contributed by atoms with Crippen LogP contribution in [0.5, 0.6) is 5.75 Å². The number of hydrogen-bond donors (Lipinski definition) is 1. The van der Waals surface area contributed by atoms with E-state index >= 15 is 0 Å². The van der Waals surface area contributed by atoms with Crippen LogP contribution in [-0.2, 0) is 4.79 Å². The quantitative estimate of drug-likeness (QED) is 0.510. The van der Waals surface area contributed by atoms with E-state index in [2.05, 4.69) is 10.1 Å². The van der Waals surface area contributed by atoms with Gasteiger partial charge in [-0.25, -0.2) is 4.98 Å². The Morgan fingerprint density at radius 1 is 1.45 bits per heavy atom. The molecule has 0 fully saturated rings. The lowest BCUT2D eigenvalue weighted by atomic mass is 10.3. The second-order valence-corrected chi connectivity index (χ2v) is 4.34. The first-order valence-corrected chi connectivity index (χ1v) is 6.20. The number of benzene rings is 1. The lowest BCUT2D eigenvalue weighted by molar-refractivity contribution is -0.642. The molecule has 118 valence electrons. The molecule has 0 saturated heterocycles. The maximum Gasteiger partial charge on any atom is 0.471 e. The maximum absolute atomic E-state index is 11.9. The summed E-state index contributed by atoms with van der Waals surface area (Å²) < 4.78 is 40.9. The monoisotopic (exact) mass is 336 g/mol. The van der Waals surface area contributed by atoms with Crippen LogP contribution in [0.25, 0.3) is 11.0 Å². The van der Waals surface area contributed by atoms with E-state index in [1.807, 2.05) is 0 Å². The second-order valence-electron chi connectivity index (χ2n) is 4.01. The van der Waals surface area contributed by atoms with Crippen molar-refractivity contribution in [2.45, 2.75) is 6.18 Å². The number of aromatic nitrogens is 3. The molecule has 2 rings (SSSR count). The van der Waals surface area contributed by atoms with Crippen LogP contribution in [0.2, 0.25) is 5.28 Å². The van der Waals surface area contributed by atoms with E-state index < -0.39 is 12.1 Å². The maximum atomic E-state index is 11.9. The number of alkyl halides is 3. The highest BCUT2D eigenvalue weighted by molar-refractivity contribution is 6.28. The van der Waals surface area contributed by atoms with Gasteiger partial charge in [-0.15, -0.1) is 0 Å². The Balaban J connectivity index is 1.97. The molecule has 0 radical (unpaired) electrons. The summed E-state index contributed by atoms with van der Waals surface area (Å²) in [6.07, 6.45) is -4.94. The molecule has 11 heteroatoms. The minimum Gasteiger partial charge on any atom is -0.594 e. The molecule has 0 atom stereocenters. The van der Waals surface area contributed by atoms with Gasteiger partial charge in [-0.2, -0.15) is 13.2 Å². The third-order valence-corrected chi connectivity index (χ3v) is 2.61. The molecule has 1 amide bonds. The first-order valence-electron chi connectivity index (χ1n) is 5.82. The van der Waals surface area contributed by atoms with Crippen molar-refractivity contribution in [3.05, 3.63) is 28.7 Å². The molecule has 0 saturated carbocycles. The van der Waals surface area contributed by atoms with Gasteiger partial charge >= 0.3 is 12.1 Å². The number of ether oxygens (including phenoxy) is 1. The summed E-state index contributed by atoms with van der Waals surface area (Å²) in [4.78, 5) is 14.6. The zero-order valence-corrected chi connectivity index (χ0v) is 11.5. The Labute approximate surface area is 126 Å². The highest BCUT2D eigenvalue weighted by Gasteiger charge is 2.38. The topological polar surface area (TPSA) is 91.0 Å². The highest BCUT2D eigenvalue weighted by atomic mass is 35.5. The number of hydrogen-bond acceptors (Lipinski definition) is 5. The smallest absolute Gasteiger partial charge is 0.471 e. The first-order chi connectivity index (χ1) is 10.3. The molecule has 0 aliphatic heterocycles. The molecule has 0 spiro atoms. The van der Waals surface area contributed by atoms with E-state index in [0.717, 1.165) is 0 Å². The van der Waals surface area contributed by atoms with E-state index in [4.69, 9.17) is 16.3 Å². The molecular weight excluding hydrogens is 329 g/mol. The van der Waals surface area contributed by atoms with Crippen LogP contribution in [0.3, 0.4) is 0 Å². The largest absolute Gasteiger partial charge is 0.594 e. The van der Waals surface area contributed by atoms with E-state index in [1.165, 1.54) is 18.2 Å². The average Bonchev–Trinajstić information content (AvgIpc) is 2.42.